The van der Waals surface area contributed by atoms with Crippen LogP contribution in [0.15, 0.2) is 10.5 Å². The van der Waals surface area contributed by atoms with Crippen LogP contribution < -0.4 is 5.32 Å². The van der Waals surface area contributed by atoms with E-state index in [2.05, 4.69) is 23.1 Å². The van der Waals surface area contributed by atoms with E-state index in [1.165, 1.54) is 29.9 Å². The first kappa shape index (κ1) is 12.1. The van der Waals surface area contributed by atoms with Gasteiger partial charge in [0.05, 0.1) is 0 Å². The molecule has 0 amide bonds. The molecule has 90 valence electrons. The highest BCUT2D eigenvalue weighted by Crippen LogP contribution is 2.22. The van der Waals surface area contributed by atoms with Gasteiger partial charge in [0.1, 0.15) is 11.5 Å². The topological polar surface area (TPSA) is 25.2 Å². The summed E-state index contributed by atoms with van der Waals surface area (Å²) in [5.74, 6) is 5.65. The van der Waals surface area contributed by atoms with Gasteiger partial charge < -0.3 is 9.73 Å². The fourth-order valence-electron chi connectivity index (χ4n) is 2.22. The van der Waals surface area contributed by atoms with Crippen molar-refractivity contribution in [2.24, 2.45) is 5.92 Å². The van der Waals surface area contributed by atoms with Gasteiger partial charge in [0.15, 0.2) is 0 Å². The summed E-state index contributed by atoms with van der Waals surface area (Å²) in [5.41, 5.74) is 1.31. The molecule has 1 N–H and O–H groups in total. The summed E-state index contributed by atoms with van der Waals surface area (Å²) in [6.07, 6.45) is 2.75. The second-order valence-corrected chi connectivity index (χ2v) is 5.85. The molecule has 0 bridgehead atoms. The fraction of sp³-hybridized carbons (Fsp3) is 0.692. The van der Waals surface area contributed by atoms with Crippen molar-refractivity contribution in [2.45, 2.75) is 33.2 Å². The summed E-state index contributed by atoms with van der Waals surface area (Å²) < 4.78 is 5.51. The van der Waals surface area contributed by atoms with E-state index in [1.807, 2.05) is 13.8 Å². The van der Waals surface area contributed by atoms with Gasteiger partial charge in [-0.1, -0.05) is 0 Å². The van der Waals surface area contributed by atoms with E-state index in [0.717, 1.165) is 30.5 Å². The smallest absolute Gasteiger partial charge is 0.105 e. The largest absolute Gasteiger partial charge is 0.466 e. The van der Waals surface area contributed by atoms with E-state index in [4.69, 9.17) is 4.42 Å². The molecular weight excluding hydrogens is 218 g/mol. The summed E-state index contributed by atoms with van der Waals surface area (Å²) in [7, 11) is 0. The standard InChI is InChI=1S/C13H21NOS/c1-10-7-13(11(2)15-10)9-14-8-12-3-5-16-6-4-12/h7,12,14H,3-6,8-9H2,1-2H3. The molecule has 1 aromatic rings. The van der Waals surface area contributed by atoms with Gasteiger partial charge in [-0.25, -0.2) is 0 Å². The zero-order valence-corrected chi connectivity index (χ0v) is 11.0. The van der Waals surface area contributed by atoms with Crippen LogP contribution in [0.25, 0.3) is 0 Å². The van der Waals surface area contributed by atoms with Crippen molar-refractivity contribution in [3.63, 3.8) is 0 Å². The molecule has 3 heteroatoms. The lowest BCUT2D eigenvalue weighted by Gasteiger charge is -2.21. The van der Waals surface area contributed by atoms with Gasteiger partial charge in [-0.2, -0.15) is 11.8 Å². The van der Waals surface area contributed by atoms with Crippen LogP contribution in [-0.4, -0.2) is 18.1 Å². The van der Waals surface area contributed by atoms with Gasteiger partial charge in [-0.05, 0) is 56.7 Å². The molecule has 0 radical (unpaired) electrons. The zero-order chi connectivity index (χ0) is 11.4. The molecule has 0 atom stereocenters. The van der Waals surface area contributed by atoms with E-state index >= 15 is 0 Å². The lowest BCUT2D eigenvalue weighted by Crippen LogP contribution is -2.25. The first-order chi connectivity index (χ1) is 7.75. The summed E-state index contributed by atoms with van der Waals surface area (Å²) in [4.78, 5) is 0. The quantitative estimate of drug-likeness (QED) is 0.874. The number of aryl methyl sites for hydroxylation is 2. The maximum Gasteiger partial charge on any atom is 0.105 e. The van der Waals surface area contributed by atoms with Crippen molar-refractivity contribution in [3.05, 3.63) is 23.2 Å². The molecule has 16 heavy (non-hydrogen) atoms. The van der Waals surface area contributed by atoms with Crippen LogP contribution in [0, 0.1) is 19.8 Å². The van der Waals surface area contributed by atoms with Gasteiger partial charge in [-0.15, -0.1) is 0 Å². The minimum atomic E-state index is 0.884. The molecule has 2 heterocycles. The number of hydrogen-bond acceptors (Lipinski definition) is 3. The number of rotatable bonds is 4. The third-order valence-corrected chi connectivity index (χ3v) is 4.28. The van der Waals surface area contributed by atoms with Crippen LogP contribution in [0.3, 0.4) is 0 Å². The van der Waals surface area contributed by atoms with E-state index in [-0.39, 0.29) is 0 Å². The van der Waals surface area contributed by atoms with Gasteiger partial charge in [0, 0.05) is 12.1 Å². The zero-order valence-electron chi connectivity index (χ0n) is 10.2. The Balaban J connectivity index is 1.73. The second kappa shape index (κ2) is 5.78. The maximum absolute atomic E-state index is 5.51. The normalized spacial score (nSPS) is 17.9. The predicted octanol–water partition coefficient (Wildman–Crippen LogP) is 3.13. The third-order valence-electron chi connectivity index (χ3n) is 3.23. The molecule has 0 spiro atoms. The molecule has 2 nitrogen and oxygen atoms in total. The Morgan fingerprint density at radius 1 is 1.38 bits per heavy atom. The van der Waals surface area contributed by atoms with Gasteiger partial charge in [0.25, 0.3) is 0 Å². The number of nitrogens with one attached hydrogen (secondary N) is 1. The molecule has 1 aromatic heterocycles. The van der Waals surface area contributed by atoms with Crippen LogP contribution >= 0.6 is 11.8 Å². The predicted molar refractivity (Wildman–Crippen MR) is 69.9 cm³/mol. The van der Waals surface area contributed by atoms with Crippen molar-refractivity contribution >= 4 is 11.8 Å². The van der Waals surface area contributed by atoms with Gasteiger partial charge in [0.2, 0.25) is 0 Å². The maximum atomic E-state index is 5.51. The Hall–Kier alpha value is -0.410. The van der Waals surface area contributed by atoms with E-state index in [0.29, 0.717) is 0 Å². The van der Waals surface area contributed by atoms with Crippen molar-refractivity contribution in [3.8, 4) is 0 Å². The van der Waals surface area contributed by atoms with Crippen molar-refractivity contribution in [1.29, 1.82) is 0 Å². The molecule has 0 aliphatic carbocycles. The van der Waals surface area contributed by atoms with Crippen LogP contribution in [0.5, 0.6) is 0 Å². The average molecular weight is 239 g/mol. The lowest BCUT2D eigenvalue weighted by molar-refractivity contribution is 0.444. The SMILES string of the molecule is Cc1cc(CNCC2CCSCC2)c(C)o1. The highest BCUT2D eigenvalue weighted by molar-refractivity contribution is 7.99. The Morgan fingerprint density at radius 3 is 2.75 bits per heavy atom. The number of hydrogen-bond donors (Lipinski definition) is 1. The molecule has 1 aliphatic rings. The first-order valence-corrected chi connectivity index (χ1v) is 7.25. The number of furan rings is 1. The molecule has 1 fully saturated rings. The Morgan fingerprint density at radius 2 is 2.12 bits per heavy atom. The average Bonchev–Trinajstić information content (AvgIpc) is 2.59. The lowest BCUT2D eigenvalue weighted by atomic mass is 10.0. The Bertz CT molecular complexity index is 329. The van der Waals surface area contributed by atoms with Crippen molar-refractivity contribution < 1.29 is 4.42 Å². The monoisotopic (exact) mass is 239 g/mol. The van der Waals surface area contributed by atoms with Crippen molar-refractivity contribution in [1.82, 2.24) is 5.32 Å². The highest BCUT2D eigenvalue weighted by Gasteiger charge is 2.13. The first-order valence-electron chi connectivity index (χ1n) is 6.10. The molecule has 0 unspecified atom stereocenters. The number of thioether (sulfide) groups is 1. The molecule has 0 aromatic carbocycles. The minimum Gasteiger partial charge on any atom is -0.466 e. The van der Waals surface area contributed by atoms with Crippen LogP contribution in [0.4, 0.5) is 0 Å². The molecular formula is C13H21NOS. The Labute approximate surface area is 102 Å². The van der Waals surface area contributed by atoms with Crippen LogP contribution in [0.1, 0.15) is 29.9 Å². The van der Waals surface area contributed by atoms with E-state index < -0.39 is 0 Å². The second-order valence-electron chi connectivity index (χ2n) is 4.63. The fourth-order valence-corrected chi connectivity index (χ4v) is 3.42. The summed E-state index contributed by atoms with van der Waals surface area (Å²) in [6.45, 7) is 6.16. The summed E-state index contributed by atoms with van der Waals surface area (Å²) in [6, 6.07) is 2.14. The van der Waals surface area contributed by atoms with Crippen LogP contribution in [-0.2, 0) is 6.54 Å². The van der Waals surface area contributed by atoms with Crippen LogP contribution in [0.2, 0.25) is 0 Å². The third kappa shape index (κ3) is 3.29. The molecule has 0 saturated carbocycles. The summed E-state index contributed by atoms with van der Waals surface area (Å²) >= 11 is 2.09. The molecule has 1 aliphatic heterocycles. The molecule has 1 saturated heterocycles. The summed E-state index contributed by atoms with van der Waals surface area (Å²) in [5, 5.41) is 3.56. The molecule has 2 rings (SSSR count). The van der Waals surface area contributed by atoms with Gasteiger partial charge >= 0.3 is 0 Å². The van der Waals surface area contributed by atoms with E-state index in [1.54, 1.807) is 0 Å². The highest BCUT2D eigenvalue weighted by atomic mass is 32.2. The Kier molecular flexibility index (Phi) is 4.36. The van der Waals surface area contributed by atoms with Crippen molar-refractivity contribution in [2.75, 3.05) is 18.1 Å². The van der Waals surface area contributed by atoms with E-state index in [9.17, 15) is 0 Å². The minimum absolute atomic E-state index is 0.884. The van der Waals surface area contributed by atoms with Gasteiger partial charge in [-0.3, -0.25) is 0 Å².